The monoisotopic (exact) mass is 1270 g/mol. The molecule has 0 saturated heterocycles. The Morgan fingerprint density at radius 3 is 0.940 bits per heavy atom. The minimum absolute atomic E-state index is 1.15. The highest BCUT2D eigenvalue weighted by molar-refractivity contribution is 6.21. The second-order valence-corrected chi connectivity index (χ2v) is 25.9. The van der Waals surface area contributed by atoms with E-state index < -0.39 is 0 Å². The van der Waals surface area contributed by atoms with Crippen molar-refractivity contribution in [2.75, 3.05) is 0 Å². The zero-order valence-electron chi connectivity index (χ0n) is 54.7. The van der Waals surface area contributed by atoms with Gasteiger partial charge in [-0.2, -0.15) is 0 Å². The normalized spacial score (nSPS) is 11.6. The van der Waals surface area contributed by atoms with E-state index in [1.54, 1.807) is 0 Å². The summed E-state index contributed by atoms with van der Waals surface area (Å²) < 4.78 is 9.69. The average Bonchev–Trinajstić information content (AvgIpc) is 1.56. The molecule has 16 aromatic carbocycles. The van der Waals surface area contributed by atoms with Crippen LogP contribution in [0.5, 0.6) is 0 Å². The molecule has 4 nitrogen and oxygen atoms in total. The number of benzene rings is 16. The topological polar surface area (TPSA) is 19.7 Å². The van der Waals surface area contributed by atoms with Crippen LogP contribution in [0.4, 0.5) is 0 Å². The van der Waals surface area contributed by atoms with Crippen molar-refractivity contribution in [1.82, 2.24) is 18.3 Å². The lowest BCUT2D eigenvalue weighted by Crippen LogP contribution is -1.96. The highest BCUT2D eigenvalue weighted by Crippen LogP contribution is 2.45. The molecule has 0 saturated carbocycles. The molecule has 0 aliphatic rings. The molecule has 4 heterocycles. The second-order valence-electron chi connectivity index (χ2n) is 25.9. The SMILES string of the molecule is c1ccc(-c2ccc(-c3cccc(-n4c5ccccc5c5c(-c6cccc7c8ccccc8n(-c8ccccc8)c67)cccc54)c3)cc2)cc1.c1ccc(-c2ccc(-n3c4ccccc4c4ccc(-c5ccc6c7ccccc7n(-c7ccc(-c8ccccc8)cc7)c6c5)cc43)cc2)cc1. The first-order valence-corrected chi connectivity index (χ1v) is 34.4. The maximum atomic E-state index is 2.44. The summed E-state index contributed by atoms with van der Waals surface area (Å²) in [6, 6.07) is 141. The largest absolute Gasteiger partial charge is 0.309 e. The predicted molar refractivity (Wildman–Crippen MR) is 423 cm³/mol. The van der Waals surface area contributed by atoms with Gasteiger partial charge in [-0.15, -0.1) is 0 Å². The maximum Gasteiger partial charge on any atom is 0.0619 e. The van der Waals surface area contributed by atoms with Gasteiger partial charge in [0.15, 0.2) is 0 Å². The minimum atomic E-state index is 1.15. The molecule has 0 radical (unpaired) electrons. The Hall–Kier alpha value is -13.3. The van der Waals surface area contributed by atoms with E-state index in [0.29, 0.717) is 0 Å². The molecule has 0 aliphatic carbocycles. The molecule has 4 aromatic heterocycles. The third-order valence-electron chi connectivity index (χ3n) is 20.3. The van der Waals surface area contributed by atoms with E-state index in [0.717, 1.165) is 22.7 Å². The highest BCUT2D eigenvalue weighted by Gasteiger charge is 2.23. The molecule has 100 heavy (non-hydrogen) atoms. The van der Waals surface area contributed by atoms with E-state index in [1.165, 1.54) is 154 Å². The van der Waals surface area contributed by atoms with E-state index >= 15 is 0 Å². The zero-order valence-corrected chi connectivity index (χ0v) is 54.7. The van der Waals surface area contributed by atoms with Gasteiger partial charge in [0.25, 0.3) is 0 Å². The number of rotatable bonds is 10. The van der Waals surface area contributed by atoms with Gasteiger partial charge < -0.3 is 18.3 Å². The van der Waals surface area contributed by atoms with Gasteiger partial charge in [-0.1, -0.05) is 297 Å². The van der Waals surface area contributed by atoms with Crippen LogP contribution >= 0.6 is 0 Å². The van der Waals surface area contributed by atoms with Gasteiger partial charge >= 0.3 is 0 Å². The van der Waals surface area contributed by atoms with Crippen LogP contribution in [0, 0.1) is 0 Å². The van der Waals surface area contributed by atoms with E-state index in [-0.39, 0.29) is 0 Å². The minimum Gasteiger partial charge on any atom is -0.309 e. The summed E-state index contributed by atoms with van der Waals surface area (Å²) in [7, 11) is 0. The third kappa shape index (κ3) is 9.92. The van der Waals surface area contributed by atoms with Crippen LogP contribution in [-0.2, 0) is 0 Å². The Kier molecular flexibility index (Phi) is 14.2. The third-order valence-corrected chi connectivity index (χ3v) is 20.3. The van der Waals surface area contributed by atoms with E-state index in [2.05, 4.69) is 407 Å². The van der Waals surface area contributed by atoms with Crippen molar-refractivity contribution in [3.05, 3.63) is 388 Å². The van der Waals surface area contributed by atoms with Gasteiger partial charge in [0.05, 0.1) is 44.1 Å². The van der Waals surface area contributed by atoms with Crippen molar-refractivity contribution in [1.29, 1.82) is 0 Å². The lowest BCUT2D eigenvalue weighted by atomic mass is 9.97. The molecule has 20 rings (SSSR count). The van der Waals surface area contributed by atoms with Gasteiger partial charge in [0.1, 0.15) is 0 Å². The maximum absolute atomic E-state index is 2.44. The molecular formula is C96H64N4. The van der Waals surface area contributed by atoms with E-state index in [4.69, 9.17) is 0 Å². The van der Waals surface area contributed by atoms with Crippen LogP contribution in [0.3, 0.4) is 0 Å². The molecule has 20 aromatic rings. The fourth-order valence-electron chi connectivity index (χ4n) is 15.6. The van der Waals surface area contributed by atoms with Crippen LogP contribution < -0.4 is 0 Å². The lowest BCUT2D eigenvalue weighted by molar-refractivity contribution is 1.18. The van der Waals surface area contributed by atoms with Crippen LogP contribution in [0.15, 0.2) is 388 Å². The summed E-state index contributed by atoms with van der Waals surface area (Å²) in [6.07, 6.45) is 0. The van der Waals surface area contributed by atoms with Gasteiger partial charge in [-0.3, -0.25) is 0 Å². The van der Waals surface area contributed by atoms with Crippen LogP contribution in [0.1, 0.15) is 0 Å². The Labute approximate surface area is 579 Å². The Morgan fingerprint density at radius 2 is 0.430 bits per heavy atom. The quantitative estimate of drug-likeness (QED) is 0.130. The predicted octanol–water partition coefficient (Wildman–Crippen LogP) is 25.8. The number of nitrogens with zero attached hydrogens (tertiary/aromatic N) is 4. The fraction of sp³-hybridized carbons (Fsp3) is 0. The molecule has 0 bridgehead atoms. The smallest absolute Gasteiger partial charge is 0.0619 e. The summed E-state index contributed by atoms with van der Waals surface area (Å²) in [4.78, 5) is 0. The first kappa shape index (κ1) is 58.1. The molecule has 0 N–H and O–H groups in total. The lowest BCUT2D eigenvalue weighted by Gasteiger charge is -2.13. The number of para-hydroxylation sites is 6. The molecule has 0 amide bonds. The van der Waals surface area contributed by atoms with Crippen molar-refractivity contribution in [2.24, 2.45) is 0 Å². The molecule has 0 atom stereocenters. The standard InChI is InChI=1S/2C48H32N2/c1-3-14-33(15-4-1)34-28-30-35(31-29-34)36-16-11-19-38(32-36)49-45-26-10-8-21-43(45)47-40(22-13-27-46(47)49)42-24-12-23-41-39-20-7-9-25-44(39)50(48(41)42)37-17-5-2-6-18-37;1-3-11-33(12-4-1)35-19-25-39(26-20-35)49-45-17-9-7-15-41(45)43-29-23-37(31-47(43)49)38-24-30-44-42-16-8-10-18-46(42)50(48(44)32-38)40-27-21-36(22-28-40)34-13-5-2-6-14-34/h2*1-32H. The Bertz CT molecular complexity index is 6260. The molecule has 0 fully saturated rings. The summed E-state index contributed by atoms with van der Waals surface area (Å²) >= 11 is 0. The molecule has 0 unspecified atom stereocenters. The van der Waals surface area contributed by atoms with Crippen molar-refractivity contribution in [2.45, 2.75) is 0 Å². The number of hydrogen-bond donors (Lipinski definition) is 0. The average molecular weight is 1270 g/mol. The van der Waals surface area contributed by atoms with Crippen LogP contribution in [0.2, 0.25) is 0 Å². The molecule has 4 heteroatoms. The molecule has 468 valence electrons. The number of aromatic nitrogens is 4. The van der Waals surface area contributed by atoms with E-state index in [9.17, 15) is 0 Å². The summed E-state index contributed by atoms with van der Waals surface area (Å²) in [5.41, 5.74) is 28.9. The van der Waals surface area contributed by atoms with Crippen molar-refractivity contribution >= 4 is 87.2 Å². The van der Waals surface area contributed by atoms with Gasteiger partial charge in [0, 0.05) is 71.4 Å². The van der Waals surface area contributed by atoms with Crippen LogP contribution in [-0.4, -0.2) is 18.3 Å². The van der Waals surface area contributed by atoms with Crippen molar-refractivity contribution < 1.29 is 0 Å². The first-order valence-electron chi connectivity index (χ1n) is 34.4. The van der Waals surface area contributed by atoms with Crippen LogP contribution in [0.25, 0.3) is 177 Å². The Balaban J connectivity index is 0.000000139. The summed E-state index contributed by atoms with van der Waals surface area (Å²) in [5, 5.41) is 10.1. The van der Waals surface area contributed by atoms with Gasteiger partial charge in [-0.05, 0) is 152 Å². The van der Waals surface area contributed by atoms with Gasteiger partial charge in [0.2, 0.25) is 0 Å². The number of hydrogen-bond acceptors (Lipinski definition) is 0. The highest BCUT2D eigenvalue weighted by atomic mass is 15.0. The molecule has 0 spiro atoms. The fourth-order valence-corrected chi connectivity index (χ4v) is 15.6. The Morgan fingerprint density at radius 1 is 0.140 bits per heavy atom. The zero-order chi connectivity index (χ0) is 66.0. The van der Waals surface area contributed by atoms with Gasteiger partial charge in [-0.25, -0.2) is 0 Å². The summed E-state index contributed by atoms with van der Waals surface area (Å²) in [6.45, 7) is 0. The molecule has 0 aliphatic heterocycles. The van der Waals surface area contributed by atoms with Crippen molar-refractivity contribution in [3.8, 4) is 89.5 Å². The number of fused-ring (bicyclic) bond motifs is 12. The second kappa shape index (κ2) is 24.4. The van der Waals surface area contributed by atoms with E-state index in [1.807, 2.05) is 0 Å². The summed E-state index contributed by atoms with van der Waals surface area (Å²) in [5.74, 6) is 0. The van der Waals surface area contributed by atoms with Crippen molar-refractivity contribution in [3.63, 3.8) is 0 Å². The first-order chi connectivity index (χ1) is 49.6. The molecular weight excluding hydrogens is 1210 g/mol.